The lowest BCUT2D eigenvalue weighted by atomic mass is 9.91. The number of nitrogens with zero attached hydrogens (tertiary/aromatic N) is 2. The van der Waals surface area contributed by atoms with E-state index in [1.807, 2.05) is 13.8 Å². The van der Waals surface area contributed by atoms with Gasteiger partial charge in [0, 0.05) is 38.3 Å². The molecule has 1 amide bonds. The van der Waals surface area contributed by atoms with E-state index in [0.717, 1.165) is 32.1 Å². The number of rotatable bonds is 7. The first-order valence-electron chi connectivity index (χ1n) is 7.99. The highest BCUT2D eigenvalue weighted by molar-refractivity contribution is 5.84. The third-order valence-corrected chi connectivity index (χ3v) is 4.85. The minimum atomic E-state index is -0.595. The van der Waals surface area contributed by atoms with Gasteiger partial charge in [0.25, 0.3) is 0 Å². The van der Waals surface area contributed by atoms with Crippen molar-refractivity contribution >= 4 is 5.91 Å². The van der Waals surface area contributed by atoms with Crippen molar-refractivity contribution in [1.82, 2.24) is 15.1 Å². The summed E-state index contributed by atoms with van der Waals surface area (Å²) >= 11 is 0. The number of carbonyl (C=O) groups excluding carboxylic acids is 1. The third kappa shape index (κ3) is 3.71. The molecule has 1 aliphatic heterocycles. The Balaban J connectivity index is 1.84. The van der Waals surface area contributed by atoms with Crippen molar-refractivity contribution in [3.63, 3.8) is 0 Å². The molecule has 1 saturated carbocycles. The first kappa shape index (κ1) is 15.7. The van der Waals surface area contributed by atoms with Gasteiger partial charge in [0.15, 0.2) is 0 Å². The van der Waals surface area contributed by atoms with Gasteiger partial charge in [-0.1, -0.05) is 6.92 Å². The standard InChI is InChI=1S/C15H30N4O/c1-4-17-15(3,14(16)20)11-12(2)18-7-9-19(10-8-18)13-5-6-13/h12-13,17H,4-11H2,1-3H3,(H2,16,20). The summed E-state index contributed by atoms with van der Waals surface area (Å²) in [4.78, 5) is 16.8. The molecule has 1 heterocycles. The van der Waals surface area contributed by atoms with Crippen LogP contribution in [0.25, 0.3) is 0 Å². The van der Waals surface area contributed by atoms with E-state index in [9.17, 15) is 4.79 Å². The predicted molar refractivity (Wildman–Crippen MR) is 81.5 cm³/mol. The molecule has 1 saturated heterocycles. The predicted octanol–water partition coefficient (Wildman–Crippen LogP) is 0.399. The Hall–Kier alpha value is -0.650. The van der Waals surface area contributed by atoms with Crippen LogP contribution in [0.3, 0.4) is 0 Å². The lowest BCUT2D eigenvalue weighted by Crippen LogP contribution is -2.58. The summed E-state index contributed by atoms with van der Waals surface area (Å²) in [5, 5.41) is 3.25. The summed E-state index contributed by atoms with van der Waals surface area (Å²) in [5.74, 6) is -0.247. The van der Waals surface area contributed by atoms with Crippen molar-refractivity contribution < 1.29 is 4.79 Å². The van der Waals surface area contributed by atoms with Crippen LogP contribution in [0.2, 0.25) is 0 Å². The molecule has 2 aliphatic rings. The van der Waals surface area contributed by atoms with Gasteiger partial charge in [-0.05, 0) is 39.7 Å². The Morgan fingerprint density at radius 1 is 1.35 bits per heavy atom. The summed E-state index contributed by atoms with van der Waals surface area (Å²) in [6.07, 6.45) is 3.55. The molecule has 3 N–H and O–H groups in total. The summed E-state index contributed by atoms with van der Waals surface area (Å²) in [6, 6.07) is 1.25. The van der Waals surface area contributed by atoms with Crippen molar-refractivity contribution in [2.24, 2.45) is 5.73 Å². The molecule has 0 aromatic heterocycles. The van der Waals surface area contributed by atoms with Gasteiger partial charge in [-0.3, -0.25) is 14.6 Å². The second-order valence-electron chi connectivity index (χ2n) is 6.58. The Morgan fingerprint density at radius 2 is 1.95 bits per heavy atom. The molecule has 2 rings (SSSR count). The number of primary amides is 1. The highest BCUT2D eigenvalue weighted by Crippen LogP contribution is 2.28. The lowest BCUT2D eigenvalue weighted by Gasteiger charge is -2.41. The molecule has 2 atom stereocenters. The maximum Gasteiger partial charge on any atom is 0.237 e. The number of hydrogen-bond donors (Lipinski definition) is 2. The molecule has 1 aliphatic carbocycles. The summed E-state index contributed by atoms with van der Waals surface area (Å²) in [6.45, 7) is 11.5. The molecule has 2 unspecified atom stereocenters. The summed E-state index contributed by atoms with van der Waals surface area (Å²) in [7, 11) is 0. The first-order chi connectivity index (χ1) is 9.46. The van der Waals surface area contributed by atoms with Gasteiger partial charge in [0.2, 0.25) is 5.91 Å². The molecule has 0 bridgehead atoms. The highest BCUT2D eigenvalue weighted by Gasteiger charge is 2.36. The van der Waals surface area contributed by atoms with E-state index in [4.69, 9.17) is 5.73 Å². The molecular formula is C15H30N4O. The Kier molecular flexibility index (Phi) is 5.04. The van der Waals surface area contributed by atoms with Crippen LogP contribution in [0.4, 0.5) is 0 Å². The topological polar surface area (TPSA) is 61.6 Å². The van der Waals surface area contributed by atoms with Gasteiger partial charge < -0.3 is 11.1 Å². The van der Waals surface area contributed by atoms with Crippen molar-refractivity contribution in [3.8, 4) is 0 Å². The van der Waals surface area contributed by atoms with Gasteiger partial charge in [-0.15, -0.1) is 0 Å². The van der Waals surface area contributed by atoms with Crippen LogP contribution in [0.15, 0.2) is 0 Å². The molecule has 0 radical (unpaired) electrons. The smallest absolute Gasteiger partial charge is 0.237 e. The molecule has 0 aromatic carbocycles. The zero-order valence-corrected chi connectivity index (χ0v) is 13.2. The van der Waals surface area contributed by atoms with E-state index in [1.54, 1.807) is 0 Å². The molecular weight excluding hydrogens is 252 g/mol. The molecule has 20 heavy (non-hydrogen) atoms. The molecule has 2 fully saturated rings. The monoisotopic (exact) mass is 282 g/mol. The fourth-order valence-electron chi connectivity index (χ4n) is 3.35. The number of piperazine rings is 1. The van der Waals surface area contributed by atoms with Crippen LogP contribution < -0.4 is 11.1 Å². The van der Waals surface area contributed by atoms with Crippen LogP contribution in [-0.2, 0) is 4.79 Å². The quantitative estimate of drug-likeness (QED) is 0.709. The average Bonchev–Trinajstić information content (AvgIpc) is 3.23. The third-order valence-electron chi connectivity index (χ3n) is 4.85. The van der Waals surface area contributed by atoms with Crippen LogP contribution in [0.1, 0.15) is 40.0 Å². The number of likely N-dealkylation sites (N-methyl/N-ethyl adjacent to an activating group) is 1. The highest BCUT2D eigenvalue weighted by atomic mass is 16.1. The number of nitrogens with one attached hydrogen (secondary N) is 1. The van der Waals surface area contributed by atoms with E-state index in [2.05, 4.69) is 22.0 Å². The van der Waals surface area contributed by atoms with E-state index in [0.29, 0.717) is 6.04 Å². The zero-order valence-electron chi connectivity index (χ0n) is 13.2. The fraction of sp³-hybridized carbons (Fsp3) is 0.933. The minimum absolute atomic E-state index is 0.247. The second kappa shape index (κ2) is 6.41. The average molecular weight is 282 g/mol. The lowest BCUT2D eigenvalue weighted by molar-refractivity contribution is -0.124. The number of carbonyl (C=O) groups is 1. The van der Waals surface area contributed by atoms with E-state index >= 15 is 0 Å². The largest absolute Gasteiger partial charge is 0.368 e. The number of nitrogens with two attached hydrogens (primary N) is 1. The van der Waals surface area contributed by atoms with E-state index < -0.39 is 5.54 Å². The van der Waals surface area contributed by atoms with Gasteiger partial charge in [0.05, 0.1) is 5.54 Å². The second-order valence-corrected chi connectivity index (χ2v) is 6.58. The maximum atomic E-state index is 11.7. The van der Waals surface area contributed by atoms with Crippen LogP contribution >= 0.6 is 0 Å². The normalized spacial score (nSPS) is 26.1. The Morgan fingerprint density at radius 3 is 2.40 bits per heavy atom. The Labute approximate surface area is 122 Å². The molecule has 5 nitrogen and oxygen atoms in total. The van der Waals surface area contributed by atoms with Crippen molar-refractivity contribution in [1.29, 1.82) is 0 Å². The molecule has 5 heteroatoms. The van der Waals surface area contributed by atoms with Crippen molar-refractivity contribution in [2.45, 2.75) is 57.7 Å². The van der Waals surface area contributed by atoms with Gasteiger partial charge in [-0.2, -0.15) is 0 Å². The number of amides is 1. The van der Waals surface area contributed by atoms with Gasteiger partial charge >= 0.3 is 0 Å². The zero-order chi connectivity index (χ0) is 14.8. The Bertz CT molecular complexity index is 337. The summed E-state index contributed by atoms with van der Waals surface area (Å²) in [5.41, 5.74) is 4.98. The molecule has 0 aromatic rings. The van der Waals surface area contributed by atoms with E-state index in [1.165, 1.54) is 25.9 Å². The van der Waals surface area contributed by atoms with Gasteiger partial charge in [-0.25, -0.2) is 0 Å². The van der Waals surface area contributed by atoms with Crippen molar-refractivity contribution in [2.75, 3.05) is 32.7 Å². The SMILES string of the molecule is CCNC(C)(CC(C)N1CCN(C2CC2)CC1)C(N)=O. The molecule has 0 spiro atoms. The van der Waals surface area contributed by atoms with Crippen LogP contribution in [0, 0.1) is 0 Å². The van der Waals surface area contributed by atoms with Crippen molar-refractivity contribution in [3.05, 3.63) is 0 Å². The number of hydrogen-bond acceptors (Lipinski definition) is 4. The summed E-state index contributed by atoms with van der Waals surface area (Å²) < 4.78 is 0. The fourth-order valence-corrected chi connectivity index (χ4v) is 3.35. The van der Waals surface area contributed by atoms with Crippen LogP contribution in [0.5, 0.6) is 0 Å². The van der Waals surface area contributed by atoms with Crippen LogP contribution in [-0.4, -0.2) is 66.1 Å². The maximum absolute atomic E-state index is 11.7. The minimum Gasteiger partial charge on any atom is -0.368 e. The molecule has 116 valence electrons. The van der Waals surface area contributed by atoms with E-state index in [-0.39, 0.29) is 5.91 Å². The first-order valence-corrected chi connectivity index (χ1v) is 7.99. The van der Waals surface area contributed by atoms with Gasteiger partial charge in [0.1, 0.15) is 0 Å².